The number of halogens is 1. The maximum absolute atomic E-state index is 12.5. The van der Waals surface area contributed by atoms with Gasteiger partial charge in [-0.3, -0.25) is 4.79 Å². The summed E-state index contributed by atoms with van der Waals surface area (Å²) in [7, 11) is 0. The van der Waals surface area contributed by atoms with Crippen LogP contribution in [0, 0.1) is 19.8 Å². The number of hydrogen-bond acceptors (Lipinski definition) is 2. The highest BCUT2D eigenvalue weighted by Gasteiger charge is 2.26. The second-order valence-corrected chi connectivity index (χ2v) is 6.14. The number of rotatable bonds is 2. The van der Waals surface area contributed by atoms with Crippen LogP contribution in [0.3, 0.4) is 0 Å². The van der Waals surface area contributed by atoms with Crippen LogP contribution in [-0.4, -0.2) is 12.5 Å². The van der Waals surface area contributed by atoms with E-state index < -0.39 is 0 Å². The minimum absolute atomic E-state index is 0.0145. The number of anilines is 1. The van der Waals surface area contributed by atoms with Crippen molar-refractivity contribution in [3.63, 3.8) is 0 Å². The van der Waals surface area contributed by atoms with Gasteiger partial charge in [0.1, 0.15) is 12.4 Å². The summed E-state index contributed by atoms with van der Waals surface area (Å²) in [6.07, 6.45) is 0.645. The van der Waals surface area contributed by atoms with E-state index in [0.29, 0.717) is 18.1 Å². The molecule has 1 atom stereocenters. The van der Waals surface area contributed by atoms with Crippen LogP contribution in [0.4, 0.5) is 5.69 Å². The third-order valence-electron chi connectivity index (χ3n) is 4.16. The van der Waals surface area contributed by atoms with Crippen LogP contribution in [0.2, 0.25) is 5.02 Å². The van der Waals surface area contributed by atoms with E-state index in [2.05, 4.69) is 5.32 Å². The molecule has 0 bridgehead atoms. The zero-order valence-corrected chi connectivity index (χ0v) is 13.4. The van der Waals surface area contributed by atoms with Gasteiger partial charge in [0, 0.05) is 10.7 Å². The topological polar surface area (TPSA) is 38.3 Å². The van der Waals surface area contributed by atoms with Crippen LogP contribution in [0.25, 0.3) is 0 Å². The highest BCUT2D eigenvalue weighted by molar-refractivity contribution is 6.30. The van der Waals surface area contributed by atoms with Gasteiger partial charge in [-0.05, 0) is 61.2 Å². The van der Waals surface area contributed by atoms with E-state index in [0.717, 1.165) is 28.1 Å². The van der Waals surface area contributed by atoms with Crippen molar-refractivity contribution in [2.75, 3.05) is 11.9 Å². The zero-order chi connectivity index (χ0) is 15.7. The molecule has 0 saturated heterocycles. The second-order valence-electron chi connectivity index (χ2n) is 5.70. The Morgan fingerprint density at radius 3 is 2.91 bits per heavy atom. The van der Waals surface area contributed by atoms with Gasteiger partial charge >= 0.3 is 0 Å². The van der Waals surface area contributed by atoms with E-state index in [1.54, 1.807) is 6.07 Å². The molecular weight excluding hydrogens is 298 g/mol. The molecule has 0 saturated carbocycles. The first-order chi connectivity index (χ1) is 10.5. The van der Waals surface area contributed by atoms with Gasteiger partial charge in [-0.15, -0.1) is 0 Å². The molecule has 22 heavy (non-hydrogen) atoms. The van der Waals surface area contributed by atoms with Crippen molar-refractivity contribution in [2.24, 2.45) is 5.92 Å². The Hall–Kier alpha value is -2.00. The number of nitrogens with one attached hydrogen (secondary N) is 1. The molecule has 1 heterocycles. The highest BCUT2D eigenvalue weighted by Crippen LogP contribution is 2.30. The third kappa shape index (κ3) is 2.95. The Morgan fingerprint density at radius 2 is 2.09 bits per heavy atom. The molecule has 0 spiro atoms. The number of aryl methyl sites for hydroxylation is 1. The minimum atomic E-state index is -0.203. The molecule has 0 unspecified atom stereocenters. The van der Waals surface area contributed by atoms with E-state index in [4.69, 9.17) is 16.3 Å². The fraction of sp³-hybridized carbons (Fsp3) is 0.278. The predicted octanol–water partition coefficient (Wildman–Crippen LogP) is 4.15. The quantitative estimate of drug-likeness (QED) is 0.904. The normalized spacial score (nSPS) is 16.6. The van der Waals surface area contributed by atoms with Crippen molar-refractivity contribution in [2.45, 2.75) is 20.3 Å². The summed E-state index contributed by atoms with van der Waals surface area (Å²) in [5.74, 6) is 0.602. The zero-order valence-electron chi connectivity index (χ0n) is 12.7. The number of carbonyl (C=O) groups is 1. The summed E-state index contributed by atoms with van der Waals surface area (Å²) >= 11 is 6.02. The van der Waals surface area contributed by atoms with E-state index in [-0.39, 0.29) is 11.8 Å². The minimum Gasteiger partial charge on any atom is -0.492 e. The lowest BCUT2D eigenvalue weighted by atomic mass is 9.95. The summed E-state index contributed by atoms with van der Waals surface area (Å²) in [6.45, 7) is 4.44. The molecule has 0 aromatic heterocycles. The Balaban J connectivity index is 1.75. The van der Waals surface area contributed by atoms with Gasteiger partial charge in [-0.1, -0.05) is 23.7 Å². The molecule has 0 fully saturated rings. The number of hydrogen-bond donors (Lipinski definition) is 1. The van der Waals surface area contributed by atoms with Crippen molar-refractivity contribution < 1.29 is 9.53 Å². The Morgan fingerprint density at radius 1 is 1.27 bits per heavy atom. The van der Waals surface area contributed by atoms with Crippen molar-refractivity contribution in [3.05, 3.63) is 58.1 Å². The fourth-order valence-corrected chi connectivity index (χ4v) is 2.85. The lowest BCUT2D eigenvalue weighted by molar-refractivity contribution is -0.121. The van der Waals surface area contributed by atoms with E-state index in [1.807, 2.05) is 44.2 Å². The van der Waals surface area contributed by atoms with Gasteiger partial charge in [-0.2, -0.15) is 0 Å². The molecule has 1 aliphatic heterocycles. The SMILES string of the molecule is Cc1cccc(NC(=O)[C@H]2COc3ccc(Cl)cc3C2)c1C. The van der Waals surface area contributed by atoms with Crippen LogP contribution in [0.15, 0.2) is 36.4 Å². The van der Waals surface area contributed by atoms with Gasteiger partial charge in [0.05, 0.1) is 5.92 Å². The first-order valence-corrected chi connectivity index (χ1v) is 7.70. The first kappa shape index (κ1) is 14.9. The first-order valence-electron chi connectivity index (χ1n) is 7.33. The molecule has 2 aromatic carbocycles. The highest BCUT2D eigenvalue weighted by atomic mass is 35.5. The lowest BCUT2D eigenvalue weighted by Crippen LogP contribution is -2.32. The molecule has 3 rings (SSSR count). The average Bonchev–Trinajstić information content (AvgIpc) is 2.51. The van der Waals surface area contributed by atoms with Crippen LogP contribution in [-0.2, 0) is 11.2 Å². The second kappa shape index (κ2) is 6.01. The molecule has 1 N–H and O–H groups in total. The van der Waals surface area contributed by atoms with Gasteiger partial charge in [0.15, 0.2) is 0 Å². The van der Waals surface area contributed by atoms with E-state index in [1.165, 1.54) is 0 Å². The molecule has 114 valence electrons. The average molecular weight is 316 g/mol. The largest absolute Gasteiger partial charge is 0.492 e. The lowest BCUT2D eigenvalue weighted by Gasteiger charge is -2.25. The summed E-state index contributed by atoms with van der Waals surface area (Å²) in [4.78, 5) is 12.5. The van der Waals surface area contributed by atoms with Crippen LogP contribution in [0.5, 0.6) is 5.75 Å². The van der Waals surface area contributed by atoms with Crippen LogP contribution >= 0.6 is 11.6 Å². The van der Waals surface area contributed by atoms with Crippen molar-refractivity contribution in [1.29, 1.82) is 0 Å². The summed E-state index contributed by atoms with van der Waals surface area (Å²) in [5, 5.41) is 3.68. The molecule has 3 nitrogen and oxygen atoms in total. The van der Waals surface area contributed by atoms with Gasteiger partial charge < -0.3 is 10.1 Å². The maximum atomic E-state index is 12.5. The Labute approximate surface area is 135 Å². The monoisotopic (exact) mass is 315 g/mol. The summed E-state index contributed by atoms with van der Waals surface area (Å²) in [6, 6.07) is 11.4. The summed E-state index contributed by atoms with van der Waals surface area (Å²) in [5.41, 5.74) is 4.10. The Bertz CT molecular complexity index is 727. The number of fused-ring (bicyclic) bond motifs is 1. The van der Waals surface area contributed by atoms with Crippen molar-refractivity contribution in [1.82, 2.24) is 0 Å². The van der Waals surface area contributed by atoms with Gasteiger partial charge in [-0.25, -0.2) is 0 Å². The molecular formula is C18H18ClNO2. The number of carbonyl (C=O) groups excluding carboxylic acids is 1. The molecule has 0 radical (unpaired) electrons. The van der Waals surface area contributed by atoms with Gasteiger partial charge in [0.2, 0.25) is 5.91 Å². The number of ether oxygens (including phenoxy) is 1. The predicted molar refractivity (Wildman–Crippen MR) is 88.7 cm³/mol. The third-order valence-corrected chi connectivity index (χ3v) is 4.40. The molecule has 2 aromatic rings. The van der Waals surface area contributed by atoms with E-state index >= 15 is 0 Å². The smallest absolute Gasteiger partial charge is 0.231 e. The molecule has 0 aliphatic carbocycles. The van der Waals surface area contributed by atoms with E-state index in [9.17, 15) is 4.79 Å². The van der Waals surface area contributed by atoms with Crippen LogP contribution < -0.4 is 10.1 Å². The molecule has 1 amide bonds. The van der Waals surface area contributed by atoms with Crippen molar-refractivity contribution >= 4 is 23.2 Å². The summed E-state index contributed by atoms with van der Waals surface area (Å²) < 4.78 is 5.68. The van der Waals surface area contributed by atoms with Gasteiger partial charge in [0.25, 0.3) is 0 Å². The Kier molecular flexibility index (Phi) is 4.08. The molecule has 1 aliphatic rings. The van der Waals surface area contributed by atoms with Crippen molar-refractivity contribution in [3.8, 4) is 5.75 Å². The maximum Gasteiger partial charge on any atom is 0.231 e. The number of amides is 1. The number of benzene rings is 2. The van der Waals surface area contributed by atoms with Crippen LogP contribution in [0.1, 0.15) is 16.7 Å². The standard InChI is InChI=1S/C18H18ClNO2/c1-11-4-3-5-16(12(11)2)20-18(21)14-8-13-9-15(19)6-7-17(13)22-10-14/h3-7,9,14H,8,10H2,1-2H3,(H,20,21)/t14-/m1/s1. The fourth-order valence-electron chi connectivity index (χ4n) is 2.65. The molecule has 4 heteroatoms.